The summed E-state index contributed by atoms with van der Waals surface area (Å²) in [5.41, 5.74) is 2.83. The molecule has 0 aromatic heterocycles. The third-order valence-electron chi connectivity index (χ3n) is 4.20. The molecule has 1 aliphatic carbocycles. The monoisotopic (exact) mass is 273 g/mol. The van der Waals surface area contributed by atoms with Gasteiger partial charge in [-0.3, -0.25) is 0 Å². The van der Waals surface area contributed by atoms with Crippen molar-refractivity contribution in [3.63, 3.8) is 0 Å². The summed E-state index contributed by atoms with van der Waals surface area (Å²) in [4.78, 5) is 13.2. The summed E-state index contributed by atoms with van der Waals surface area (Å²) in [5.74, 6) is -0.872. The molecule has 20 heavy (non-hydrogen) atoms. The Balaban J connectivity index is 2.03. The van der Waals surface area contributed by atoms with Crippen LogP contribution in [0.2, 0.25) is 0 Å². The van der Waals surface area contributed by atoms with Crippen LogP contribution in [0.5, 0.6) is 0 Å². The van der Waals surface area contributed by atoms with Crippen LogP contribution in [0.3, 0.4) is 0 Å². The number of nitrogens with zero attached hydrogens (tertiary/aromatic N) is 1. The van der Waals surface area contributed by atoms with E-state index in [0.29, 0.717) is 11.6 Å². The van der Waals surface area contributed by atoms with Crippen molar-refractivity contribution in [2.24, 2.45) is 0 Å². The smallest absolute Gasteiger partial charge is 0.335 e. The average molecular weight is 273 g/mol. The fourth-order valence-corrected chi connectivity index (χ4v) is 2.88. The van der Waals surface area contributed by atoms with Gasteiger partial charge in [0, 0.05) is 18.8 Å². The molecule has 108 valence electrons. The summed E-state index contributed by atoms with van der Waals surface area (Å²) in [6, 6.07) is 7.71. The number of anilines is 1. The molecule has 0 unspecified atom stereocenters. The van der Waals surface area contributed by atoms with Gasteiger partial charge in [-0.1, -0.05) is 12.2 Å². The van der Waals surface area contributed by atoms with E-state index in [-0.39, 0.29) is 0 Å². The number of benzene rings is 1. The van der Waals surface area contributed by atoms with Gasteiger partial charge in [0.05, 0.1) is 5.56 Å². The van der Waals surface area contributed by atoms with E-state index >= 15 is 0 Å². The lowest BCUT2D eigenvalue weighted by molar-refractivity contribution is 0.0697. The van der Waals surface area contributed by atoms with Crippen LogP contribution in [0.1, 0.15) is 48.9 Å². The number of hydrogen-bond donors (Lipinski definition) is 1. The van der Waals surface area contributed by atoms with Crippen LogP contribution in [-0.2, 0) is 0 Å². The maximum atomic E-state index is 10.9. The number of carboxylic acids is 1. The third kappa shape index (κ3) is 3.62. The zero-order chi connectivity index (χ0) is 14.5. The fraction of sp³-hybridized carbons (Fsp3) is 0.471. The van der Waals surface area contributed by atoms with Gasteiger partial charge >= 0.3 is 5.97 Å². The van der Waals surface area contributed by atoms with Gasteiger partial charge in [0.15, 0.2) is 0 Å². The van der Waals surface area contributed by atoms with Gasteiger partial charge in [-0.15, -0.1) is 0 Å². The highest BCUT2D eigenvalue weighted by molar-refractivity contribution is 5.88. The molecule has 0 bridgehead atoms. The molecular formula is C17H23NO2. The molecule has 0 atom stereocenters. The van der Waals surface area contributed by atoms with Crippen LogP contribution in [0.15, 0.2) is 36.4 Å². The zero-order valence-corrected chi connectivity index (χ0v) is 12.1. The largest absolute Gasteiger partial charge is 0.478 e. The molecule has 1 aliphatic rings. The van der Waals surface area contributed by atoms with Gasteiger partial charge in [-0.25, -0.2) is 4.79 Å². The quantitative estimate of drug-likeness (QED) is 0.843. The number of allylic oxidation sites excluding steroid dienone is 1. The lowest BCUT2D eigenvalue weighted by atomic mass is 9.93. The van der Waals surface area contributed by atoms with E-state index in [1.807, 2.05) is 12.1 Å². The first-order chi connectivity index (χ1) is 9.58. The molecule has 0 heterocycles. The molecule has 0 saturated heterocycles. The highest BCUT2D eigenvalue weighted by atomic mass is 16.4. The van der Waals surface area contributed by atoms with Crippen LogP contribution < -0.4 is 4.90 Å². The molecule has 1 N–H and O–H groups in total. The second kappa shape index (κ2) is 6.60. The summed E-state index contributed by atoms with van der Waals surface area (Å²) in [5, 5.41) is 8.93. The summed E-state index contributed by atoms with van der Waals surface area (Å²) < 4.78 is 0. The summed E-state index contributed by atoms with van der Waals surface area (Å²) in [7, 11) is 2.11. The Morgan fingerprint density at radius 1 is 1.20 bits per heavy atom. The molecule has 0 spiro atoms. The van der Waals surface area contributed by atoms with Gasteiger partial charge in [0.1, 0.15) is 0 Å². The van der Waals surface area contributed by atoms with E-state index in [1.165, 1.54) is 31.3 Å². The van der Waals surface area contributed by atoms with E-state index in [9.17, 15) is 4.79 Å². The van der Waals surface area contributed by atoms with E-state index in [0.717, 1.165) is 18.5 Å². The molecule has 0 radical (unpaired) electrons. The molecule has 0 aliphatic heterocycles. The van der Waals surface area contributed by atoms with Crippen LogP contribution in [-0.4, -0.2) is 24.2 Å². The first-order valence-corrected chi connectivity index (χ1v) is 7.31. The van der Waals surface area contributed by atoms with Crippen molar-refractivity contribution in [3.05, 3.63) is 42.0 Å². The van der Waals surface area contributed by atoms with E-state index in [2.05, 4.69) is 18.5 Å². The molecule has 2 rings (SSSR count). The van der Waals surface area contributed by atoms with Crippen LogP contribution >= 0.6 is 0 Å². The Kier molecular flexibility index (Phi) is 4.83. The van der Waals surface area contributed by atoms with Gasteiger partial charge in [-0.2, -0.15) is 0 Å². The maximum absolute atomic E-state index is 10.9. The van der Waals surface area contributed by atoms with Gasteiger partial charge < -0.3 is 10.0 Å². The van der Waals surface area contributed by atoms with Crippen molar-refractivity contribution in [3.8, 4) is 0 Å². The van der Waals surface area contributed by atoms with Gasteiger partial charge in [0.2, 0.25) is 0 Å². The number of rotatable bonds is 3. The number of carbonyl (C=O) groups is 1. The van der Waals surface area contributed by atoms with Gasteiger partial charge in [0.25, 0.3) is 0 Å². The second-order valence-corrected chi connectivity index (χ2v) is 5.65. The molecule has 1 fully saturated rings. The van der Waals surface area contributed by atoms with E-state index < -0.39 is 5.97 Å². The van der Waals surface area contributed by atoms with Crippen LogP contribution in [0.25, 0.3) is 0 Å². The standard InChI is InChI=1S/C17H23NO2/c1-13-5-3-7-15(8-4-6-13)18(2)16-11-9-14(10-12-16)17(19)20/h9-12,15H,1,3-8H2,2H3,(H,19,20). The average Bonchev–Trinajstić information content (AvgIpc) is 2.42. The Morgan fingerprint density at radius 2 is 1.75 bits per heavy atom. The van der Waals surface area contributed by atoms with Gasteiger partial charge in [-0.05, 0) is 62.8 Å². The maximum Gasteiger partial charge on any atom is 0.335 e. The third-order valence-corrected chi connectivity index (χ3v) is 4.20. The minimum atomic E-state index is -0.872. The van der Waals surface area contributed by atoms with Crippen molar-refractivity contribution in [1.29, 1.82) is 0 Å². The molecule has 1 aromatic rings. The number of aromatic carboxylic acids is 1. The zero-order valence-electron chi connectivity index (χ0n) is 12.1. The highest BCUT2D eigenvalue weighted by Crippen LogP contribution is 2.26. The van der Waals surface area contributed by atoms with Crippen molar-refractivity contribution >= 4 is 11.7 Å². The molecule has 1 aromatic carbocycles. The normalized spacial score (nSPS) is 17.4. The number of hydrogen-bond acceptors (Lipinski definition) is 2. The lowest BCUT2D eigenvalue weighted by Gasteiger charge is -2.32. The molecule has 0 amide bonds. The first kappa shape index (κ1) is 14.6. The number of carboxylic acid groups (broad SMARTS) is 1. The molecule has 3 heteroatoms. The van der Waals surface area contributed by atoms with Crippen molar-refractivity contribution in [2.45, 2.75) is 44.6 Å². The second-order valence-electron chi connectivity index (χ2n) is 5.65. The minimum Gasteiger partial charge on any atom is -0.478 e. The summed E-state index contributed by atoms with van der Waals surface area (Å²) in [6.45, 7) is 4.10. The lowest BCUT2D eigenvalue weighted by Crippen LogP contribution is -2.32. The predicted molar refractivity (Wildman–Crippen MR) is 82.4 cm³/mol. The van der Waals surface area contributed by atoms with Crippen LogP contribution in [0.4, 0.5) is 5.69 Å². The Bertz CT molecular complexity index is 466. The highest BCUT2D eigenvalue weighted by Gasteiger charge is 2.17. The Morgan fingerprint density at radius 3 is 2.25 bits per heavy atom. The van der Waals surface area contributed by atoms with Crippen molar-refractivity contribution in [1.82, 2.24) is 0 Å². The molecular weight excluding hydrogens is 250 g/mol. The first-order valence-electron chi connectivity index (χ1n) is 7.31. The van der Waals surface area contributed by atoms with Crippen molar-refractivity contribution < 1.29 is 9.90 Å². The SMILES string of the molecule is C=C1CCCC(N(C)c2ccc(C(=O)O)cc2)CCC1. The topological polar surface area (TPSA) is 40.5 Å². The van der Waals surface area contributed by atoms with Crippen molar-refractivity contribution in [2.75, 3.05) is 11.9 Å². The van der Waals surface area contributed by atoms with Crippen LogP contribution in [0, 0.1) is 0 Å². The molecule has 3 nitrogen and oxygen atoms in total. The fourth-order valence-electron chi connectivity index (χ4n) is 2.88. The predicted octanol–water partition coefficient (Wildman–Crippen LogP) is 4.10. The molecule has 1 saturated carbocycles. The Labute approximate surface area is 120 Å². The summed E-state index contributed by atoms with van der Waals surface area (Å²) >= 11 is 0. The summed E-state index contributed by atoms with van der Waals surface area (Å²) in [6.07, 6.45) is 7.03. The Hall–Kier alpha value is -1.77. The minimum absolute atomic E-state index is 0.344. The van der Waals surface area contributed by atoms with E-state index in [1.54, 1.807) is 12.1 Å². The van der Waals surface area contributed by atoms with E-state index in [4.69, 9.17) is 5.11 Å².